The van der Waals surface area contributed by atoms with Gasteiger partial charge in [0.25, 0.3) is 0 Å². The van der Waals surface area contributed by atoms with Crippen molar-refractivity contribution >= 4 is 5.97 Å². The highest BCUT2D eigenvalue weighted by molar-refractivity contribution is 5.78. The molecule has 17 heavy (non-hydrogen) atoms. The van der Waals surface area contributed by atoms with Gasteiger partial charge in [-0.15, -0.1) is 0 Å². The summed E-state index contributed by atoms with van der Waals surface area (Å²) in [5.41, 5.74) is -0.141. The minimum Gasteiger partial charge on any atom is -0.480 e. The van der Waals surface area contributed by atoms with Crippen LogP contribution in [-0.4, -0.2) is 21.8 Å². The van der Waals surface area contributed by atoms with E-state index in [0.717, 1.165) is 5.69 Å². The van der Waals surface area contributed by atoms with Crippen molar-refractivity contribution in [3.05, 3.63) is 17.5 Å². The molecular formula is C12H20N2O3. The molecule has 1 heterocycles. The third-order valence-electron chi connectivity index (χ3n) is 2.62. The summed E-state index contributed by atoms with van der Waals surface area (Å²) < 4.78 is 5.04. The molecule has 0 spiro atoms. The Hall–Kier alpha value is -1.36. The molecule has 0 radical (unpaired) electrons. The first-order valence-corrected chi connectivity index (χ1v) is 5.74. The van der Waals surface area contributed by atoms with Crippen LogP contribution in [0.2, 0.25) is 0 Å². The van der Waals surface area contributed by atoms with E-state index < -0.39 is 11.5 Å². The largest absolute Gasteiger partial charge is 0.480 e. The van der Waals surface area contributed by atoms with Gasteiger partial charge in [-0.05, 0) is 26.2 Å². The Morgan fingerprint density at radius 1 is 1.65 bits per heavy atom. The van der Waals surface area contributed by atoms with E-state index in [4.69, 9.17) is 4.52 Å². The Morgan fingerprint density at radius 2 is 2.29 bits per heavy atom. The number of aliphatic carboxylic acids is 1. The number of nitrogens with zero attached hydrogens (tertiary/aromatic N) is 1. The Kier molecular flexibility index (Phi) is 4.28. The molecule has 5 nitrogen and oxygen atoms in total. The van der Waals surface area contributed by atoms with E-state index in [9.17, 15) is 9.90 Å². The van der Waals surface area contributed by atoms with Crippen LogP contribution in [0.4, 0.5) is 0 Å². The Balaban J connectivity index is 2.64. The zero-order valence-corrected chi connectivity index (χ0v) is 10.8. The van der Waals surface area contributed by atoms with Crippen LogP contribution in [0.3, 0.4) is 0 Å². The molecule has 1 unspecified atom stereocenters. The van der Waals surface area contributed by atoms with Crippen LogP contribution in [0.25, 0.3) is 0 Å². The van der Waals surface area contributed by atoms with Gasteiger partial charge in [0.05, 0.1) is 12.2 Å². The molecule has 0 saturated heterocycles. The molecule has 0 fully saturated rings. The summed E-state index contributed by atoms with van der Waals surface area (Å²) in [5, 5.41) is 16.0. The molecule has 1 rings (SSSR count). The predicted molar refractivity (Wildman–Crippen MR) is 63.6 cm³/mol. The van der Waals surface area contributed by atoms with Crippen LogP contribution in [-0.2, 0) is 11.3 Å². The maximum atomic E-state index is 11.3. The van der Waals surface area contributed by atoms with Gasteiger partial charge < -0.3 is 9.63 Å². The van der Waals surface area contributed by atoms with Crippen molar-refractivity contribution in [2.75, 3.05) is 0 Å². The fourth-order valence-corrected chi connectivity index (χ4v) is 1.83. The number of hydrogen-bond donors (Lipinski definition) is 2. The van der Waals surface area contributed by atoms with E-state index >= 15 is 0 Å². The summed E-state index contributed by atoms with van der Waals surface area (Å²) >= 11 is 0. The van der Waals surface area contributed by atoms with Crippen LogP contribution in [0.15, 0.2) is 10.6 Å². The maximum absolute atomic E-state index is 11.3. The molecule has 0 aliphatic carbocycles. The van der Waals surface area contributed by atoms with Crippen molar-refractivity contribution in [1.29, 1.82) is 0 Å². The molecule has 0 aliphatic heterocycles. The van der Waals surface area contributed by atoms with E-state index in [2.05, 4.69) is 10.5 Å². The number of carboxylic acid groups (broad SMARTS) is 1. The summed E-state index contributed by atoms with van der Waals surface area (Å²) in [7, 11) is 0. The summed E-state index contributed by atoms with van der Waals surface area (Å²) in [6, 6.07) is 1.80. The number of hydrogen-bond acceptors (Lipinski definition) is 4. The van der Waals surface area contributed by atoms with E-state index in [-0.39, 0.29) is 0 Å². The summed E-state index contributed by atoms with van der Waals surface area (Å²) in [4.78, 5) is 11.3. The van der Waals surface area contributed by atoms with Crippen molar-refractivity contribution in [2.45, 2.75) is 46.2 Å². The molecule has 0 amide bonds. The molecule has 0 saturated carbocycles. The molecule has 2 N–H and O–H groups in total. The van der Waals surface area contributed by atoms with Crippen LogP contribution < -0.4 is 5.32 Å². The molecule has 0 aliphatic rings. The normalized spacial score (nSPS) is 14.9. The minimum atomic E-state index is -0.936. The average Bonchev–Trinajstić information content (AvgIpc) is 2.60. The number of carbonyl (C=O) groups is 1. The van der Waals surface area contributed by atoms with Gasteiger partial charge in [0.1, 0.15) is 5.54 Å². The second kappa shape index (κ2) is 5.31. The smallest absolute Gasteiger partial charge is 0.323 e. The summed E-state index contributed by atoms with van der Waals surface area (Å²) in [6.45, 7) is 7.90. The van der Waals surface area contributed by atoms with Gasteiger partial charge in [-0.3, -0.25) is 10.1 Å². The van der Waals surface area contributed by atoms with Gasteiger partial charge in [-0.25, -0.2) is 0 Å². The Bertz CT molecular complexity index is 387. The van der Waals surface area contributed by atoms with Crippen molar-refractivity contribution in [1.82, 2.24) is 10.5 Å². The van der Waals surface area contributed by atoms with Crippen molar-refractivity contribution in [3.8, 4) is 0 Å². The highest BCUT2D eigenvalue weighted by Gasteiger charge is 2.33. The molecule has 96 valence electrons. The predicted octanol–water partition coefficient (Wildman–Crippen LogP) is 1.96. The van der Waals surface area contributed by atoms with E-state index in [1.165, 1.54) is 0 Å². The number of carboxylic acids is 1. The van der Waals surface area contributed by atoms with Gasteiger partial charge in [0, 0.05) is 6.07 Å². The minimum absolute atomic E-state index is 0.306. The first-order chi connectivity index (χ1) is 7.83. The molecule has 0 bridgehead atoms. The fourth-order valence-electron chi connectivity index (χ4n) is 1.83. The third kappa shape index (κ3) is 3.85. The quantitative estimate of drug-likeness (QED) is 0.795. The van der Waals surface area contributed by atoms with E-state index in [0.29, 0.717) is 24.6 Å². The molecule has 5 heteroatoms. The van der Waals surface area contributed by atoms with E-state index in [1.54, 1.807) is 13.0 Å². The lowest BCUT2D eigenvalue weighted by molar-refractivity contribution is -0.145. The first kappa shape index (κ1) is 13.7. The number of rotatable bonds is 6. The van der Waals surface area contributed by atoms with Crippen molar-refractivity contribution in [2.24, 2.45) is 5.92 Å². The molecule has 1 aromatic rings. The average molecular weight is 240 g/mol. The van der Waals surface area contributed by atoms with Crippen LogP contribution in [0.5, 0.6) is 0 Å². The lowest BCUT2D eigenvalue weighted by Crippen LogP contribution is -2.49. The molecule has 1 aromatic heterocycles. The molecular weight excluding hydrogens is 220 g/mol. The number of aryl methyl sites for hydroxylation is 1. The van der Waals surface area contributed by atoms with Gasteiger partial charge in [-0.1, -0.05) is 19.0 Å². The Labute approximate surface area is 101 Å². The monoisotopic (exact) mass is 240 g/mol. The first-order valence-electron chi connectivity index (χ1n) is 5.74. The lowest BCUT2D eigenvalue weighted by Gasteiger charge is -2.27. The zero-order chi connectivity index (χ0) is 13.1. The summed E-state index contributed by atoms with van der Waals surface area (Å²) in [5.74, 6) is 0.112. The van der Waals surface area contributed by atoms with Crippen LogP contribution in [0, 0.1) is 12.8 Å². The van der Waals surface area contributed by atoms with E-state index in [1.807, 2.05) is 20.8 Å². The van der Waals surface area contributed by atoms with Crippen LogP contribution in [0.1, 0.15) is 38.6 Å². The molecule has 1 atom stereocenters. The van der Waals surface area contributed by atoms with Gasteiger partial charge in [0.15, 0.2) is 5.76 Å². The SMILES string of the molecule is Cc1cc(CNC(C)(CC(C)C)C(=O)O)on1. The third-order valence-corrected chi connectivity index (χ3v) is 2.62. The maximum Gasteiger partial charge on any atom is 0.323 e. The molecule has 0 aromatic carbocycles. The standard InChI is InChI=1S/C12H20N2O3/c1-8(2)6-12(4,11(15)16)13-7-10-5-9(3)14-17-10/h5,8,13H,6-7H2,1-4H3,(H,15,16). The highest BCUT2D eigenvalue weighted by Crippen LogP contribution is 2.18. The number of aromatic nitrogens is 1. The van der Waals surface area contributed by atoms with Gasteiger partial charge >= 0.3 is 5.97 Å². The van der Waals surface area contributed by atoms with Gasteiger partial charge in [0.2, 0.25) is 0 Å². The second-order valence-electron chi connectivity index (χ2n) is 5.02. The summed E-state index contributed by atoms with van der Waals surface area (Å²) in [6.07, 6.45) is 0.565. The fraction of sp³-hybridized carbons (Fsp3) is 0.667. The van der Waals surface area contributed by atoms with Crippen molar-refractivity contribution < 1.29 is 14.4 Å². The second-order valence-corrected chi connectivity index (χ2v) is 5.02. The zero-order valence-electron chi connectivity index (χ0n) is 10.8. The van der Waals surface area contributed by atoms with Crippen molar-refractivity contribution in [3.63, 3.8) is 0 Å². The number of nitrogens with one attached hydrogen (secondary N) is 1. The van der Waals surface area contributed by atoms with Crippen LogP contribution >= 0.6 is 0 Å². The Morgan fingerprint density at radius 3 is 2.71 bits per heavy atom. The lowest BCUT2D eigenvalue weighted by atomic mass is 9.91. The topological polar surface area (TPSA) is 75.4 Å². The highest BCUT2D eigenvalue weighted by atomic mass is 16.5. The van der Waals surface area contributed by atoms with Gasteiger partial charge in [-0.2, -0.15) is 0 Å².